The quantitative estimate of drug-likeness (QED) is 0.365. The third-order valence-corrected chi connectivity index (χ3v) is 7.30. The largest absolute Gasteiger partial charge is 0.325 e. The molecular formula is C31H27N5O2. The van der Waals surface area contributed by atoms with Gasteiger partial charge in [-0.25, -0.2) is 15.0 Å². The number of carbonyl (C=O) groups excluding carboxylic acids is 2. The van der Waals surface area contributed by atoms with Crippen molar-refractivity contribution in [3.05, 3.63) is 83.9 Å². The zero-order valence-electron chi connectivity index (χ0n) is 21.1. The third kappa shape index (κ3) is 4.73. The molecule has 0 spiro atoms. The number of benzene rings is 2. The highest BCUT2D eigenvalue weighted by Gasteiger charge is 2.31. The minimum atomic E-state index is -0.193. The molecule has 38 heavy (non-hydrogen) atoms. The Bertz CT molecular complexity index is 1600. The standard InChI is InChI=1S/C31H27N5O2/c1-2-4-29(37)36-14-3-5-27(36)26-16-24(15-25-18-32-19-34-30(25)26)21-8-10-22(11-9-21)31(38)35-28-17-23(12-13-33-28)20-6-7-20/h8-13,15-20,27H,3,5-7,14H2,1H3,(H,33,35,38). The first-order chi connectivity index (χ1) is 18.6. The van der Waals surface area contributed by atoms with E-state index in [0.29, 0.717) is 23.8 Å². The van der Waals surface area contributed by atoms with Gasteiger partial charge in [0.1, 0.15) is 12.1 Å². The van der Waals surface area contributed by atoms with Crippen LogP contribution in [0.1, 0.15) is 66.1 Å². The number of nitrogens with one attached hydrogen (secondary N) is 1. The molecule has 2 aromatic carbocycles. The molecule has 0 bridgehead atoms. The van der Waals surface area contributed by atoms with Gasteiger partial charge in [0.15, 0.2) is 0 Å². The second-order valence-corrected chi connectivity index (χ2v) is 9.84. The molecule has 1 unspecified atom stereocenters. The van der Waals surface area contributed by atoms with Crippen LogP contribution in [0.25, 0.3) is 22.0 Å². The smallest absolute Gasteiger partial charge is 0.298 e. The Labute approximate surface area is 221 Å². The molecular weight excluding hydrogens is 474 g/mol. The summed E-state index contributed by atoms with van der Waals surface area (Å²) in [5.74, 6) is 6.24. The lowest BCUT2D eigenvalue weighted by atomic mass is 9.94. The van der Waals surface area contributed by atoms with E-state index in [2.05, 4.69) is 38.2 Å². The predicted molar refractivity (Wildman–Crippen MR) is 146 cm³/mol. The molecule has 1 N–H and O–H groups in total. The van der Waals surface area contributed by atoms with Gasteiger partial charge < -0.3 is 10.2 Å². The maximum atomic E-state index is 12.9. The number of hydrogen-bond acceptors (Lipinski definition) is 5. The predicted octanol–water partition coefficient (Wildman–Crippen LogP) is 5.51. The second kappa shape index (κ2) is 10.1. The van der Waals surface area contributed by atoms with Crippen molar-refractivity contribution in [3.63, 3.8) is 0 Å². The topological polar surface area (TPSA) is 88.1 Å². The van der Waals surface area contributed by atoms with Crippen molar-refractivity contribution in [2.45, 2.75) is 44.6 Å². The first-order valence-corrected chi connectivity index (χ1v) is 13.0. The summed E-state index contributed by atoms with van der Waals surface area (Å²) in [6.07, 6.45) is 9.26. The molecule has 2 amide bonds. The van der Waals surface area contributed by atoms with E-state index in [9.17, 15) is 9.59 Å². The first-order valence-electron chi connectivity index (χ1n) is 13.0. The Morgan fingerprint density at radius 2 is 1.84 bits per heavy atom. The van der Waals surface area contributed by atoms with E-state index in [1.54, 1.807) is 25.6 Å². The van der Waals surface area contributed by atoms with Gasteiger partial charge in [-0.3, -0.25) is 9.59 Å². The Balaban J connectivity index is 1.29. The summed E-state index contributed by atoms with van der Waals surface area (Å²) < 4.78 is 0. The summed E-state index contributed by atoms with van der Waals surface area (Å²) in [4.78, 5) is 40.5. The lowest BCUT2D eigenvalue weighted by Crippen LogP contribution is -2.29. The van der Waals surface area contributed by atoms with E-state index in [1.165, 1.54) is 18.4 Å². The number of nitrogens with zero attached hydrogens (tertiary/aromatic N) is 4. The van der Waals surface area contributed by atoms with E-state index in [4.69, 9.17) is 0 Å². The maximum absolute atomic E-state index is 12.9. The number of rotatable bonds is 5. The van der Waals surface area contributed by atoms with E-state index in [-0.39, 0.29) is 17.9 Å². The van der Waals surface area contributed by atoms with Gasteiger partial charge in [0, 0.05) is 35.5 Å². The van der Waals surface area contributed by atoms with Gasteiger partial charge in [-0.05, 0) is 97.5 Å². The average molecular weight is 502 g/mol. The maximum Gasteiger partial charge on any atom is 0.298 e. The molecule has 3 heterocycles. The number of carbonyl (C=O) groups is 2. The first kappa shape index (κ1) is 23.8. The number of amides is 2. The van der Waals surface area contributed by atoms with Gasteiger partial charge in [0.25, 0.3) is 11.8 Å². The lowest BCUT2D eigenvalue weighted by Gasteiger charge is -2.24. The van der Waals surface area contributed by atoms with Crippen LogP contribution >= 0.6 is 0 Å². The number of likely N-dealkylation sites (tertiary alicyclic amines) is 1. The van der Waals surface area contributed by atoms with Crippen LogP contribution in [0.5, 0.6) is 0 Å². The molecule has 1 saturated heterocycles. The zero-order chi connectivity index (χ0) is 26.1. The fourth-order valence-electron chi connectivity index (χ4n) is 5.25. The van der Waals surface area contributed by atoms with Crippen molar-refractivity contribution in [1.82, 2.24) is 19.9 Å². The van der Waals surface area contributed by atoms with Crippen LogP contribution in [-0.2, 0) is 4.79 Å². The molecule has 2 aliphatic rings. The second-order valence-electron chi connectivity index (χ2n) is 9.84. The Morgan fingerprint density at radius 1 is 1.00 bits per heavy atom. The summed E-state index contributed by atoms with van der Waals surface area (Å²) in [5.41, 5.74) is 5.57. The Morgan fingerprint density at radius 3 is 2.63 bits per heavy atom. The van der Waals surface area contributed by atoms with Gasteiger partial charge in [-0.15, -0.1) is 0 Å². The van der Waals surface area contributed by atoms with E-state index >= 15 is 0 Å². The van der Waals surface area contributed by atoms with Crippen LogP contribution in [0.2, 0.25) is 0 Å². The fraction of sp³-hybridized carbons (Fsp3) is 0.258. The molecule has 1 atom stereocenters. The molecule has 188 valence electrons. The minimum absolute atomic E-state index is 0.0929. The highest BCUT2D eigenvalue weighted by molar-refractivity contribution is 6.04. The third-order valence-electron chi connectivity index (χ3n) is 7.30. The summed E-state index contributed by atoms with van der Waals surface area (Å²) in [6, 6.07) is 15.6. The van der Waals surface area contributed by atoms with Gasteiger partial charge >= 0.3 is 0 Å². The van der Waals surface area contributed by atoms with Crippen LogP contribution in [0.15, 0.2) is 67.3 Å². The minimum Gasteiger partial charge on any atom is -0.325 e. The van der Waals surface area contributed by atoms with Gasteiger partial charge in [0.05, 0.1) is 11.6 Å². The number of hydrogen-bond donors (Lipinski definition) is 1. The molecule has 4 aromatic rings. The summed E-state index contributed by atoms with van der Waals surface area (Å²) >= 11 is 0. The van der Waals surface area contributed by atoms with E-state index < -0.39 is 0 Å². The highest BCUT2D eigenvalue weighted by Crippen LogP contribution is 2.40. The van der Waals surface area contributed by atoms with Crippen molar-refractivity contribution in [3.8, 4) is 23.0 Å². The molecule has 2 aromatic heterocycles. The zero-order valence-corrected chi connectivity index (χ0v) is 21.1. The molecule has 1 aliphatic heterocycles. The van der Waals surface area contributed by atoms with Crippen molar-refractivity contribution in [2.24, 2.45) is 0 Å². The molecule has 0 radical (unpaired) electrons. The van der Waals surface area contributed by atoms with Gasteiger partial charge in [-0.1, -0.05) is 18.1 Å². The van der Waals surface area contributed by atoms with Crippen molar-refractivity contribution in [1.29, 1.82) is 0 Å². The Kier molecular flexibility index (Phi) is 6.30. The molecule has 7 heteroatoms. The van der Waals surface area contributed by atoms with Crippen LogP contribution in [0, 0.1) is 11.8 Å². The van der Waals surface area contributed by atoms with Crippen LogP contribution < -0.4 is 5.32 Å². The average Bonchev–Trinajstić information content (AvgIpc) is 3.69. The summed E-state index contributed by atoms with van der Waals surface area (Å²) in [6.45, 7) is 2.36. The molecule has 1 aliphatic carbocycles. The molecule has 1 saturated carbocycles. The summed E-state index contributed by atoms with van der Waals surface area (Å²) in [5, 5.41) is 3.83. The number of aromatic nitrogens is 3. The van der Waals surface area contributed by atoms with Gasteiger partial charge in [0.2, 0.25) is 0 Å². The van der Waals surface area contributed by atoms with E-state index in [1.807, 2.05) is 47.4 Å². The van der Waals surface area contributed by atoms with Crippen LogP contribution in [-0.4, -0.2) is 38.2 Å². The monoisotopic (exact) mass is 501 g/mol. The van der Waals surface area contributed by atoms with Crippen LogP contribution in [0.4, 0.5) is 5.82 Å². The van der Waals surface area contributed by atoms with E-state index in [0.717, 1.165) is 40.4 Å². The Hall–Kier alpha value is -4.57. The molecule has 7 nitrogen and oxygen atoms in total. The normalized spacial score (nSPS) is 16.7. The number of fused-ring (bicyclic) bond motifs is 1. The van der Waals surface area contributed by atoms with Gasteiger partial charge in [-0.2, -0.15) is 0 Å². The number of pyridine rings is 1. The lowest BCUT2D eigenvalue weighted by molar-refractivity contribution is -0.125. The molecule has 6 rings (SSSR count). The fourth-order valence-corrected chi connectivity index (χ4v) is 5.25. The van der Waals surface area contributed by atoms with Crippen LogP contribution in [0.3, 0.4) is 0 Å². The van der Waals surface area contributed by atoms with Crippen molar-refractivity contribution >= 4 is 28.5 Å². The SMILES string of the molecule is CC#CC(=O)N1CCCC1c1cc(-c2ccc(C(=O)Nc3cc(C4CC4)ccn3)cc2)cc2cncnc12. The van der Waals surface area contributed by atoms with Crippen molar-refractivity contribution in [2.75, 3.05) is 11.9 Å². The summed E-state index contributed by atoms with van der Waals surface area (Å²) in [7, 11) is 0. The van der Waals surface area contributed by atoms with Crippen molar-refractivity contribution < 1.29 is 9.59 Å². The number of anilines is 1. The molecule has 2 fully saturated rings. The highest BCUT2D eigenvalue weighted by atomic mass is 16.2.